The van der Waals surface area contributed by atoms with Crippen molar-refractivity contribution in [1.29, 1.82) is 0 Å². The topological polar surface area (TPSA) is 49.4 Å². The largest absolute Gasteiger partial charge is 0.416 e. The summed E-state index contributed by atoms with van der Waals surface area (Å²) in [5, 5.41) is 2.62. The molecule has 3 atom stereocenters. The average molecular weight is 501 g/mol. The molecule has 36 heavy (non-hydrogen) atoms. The van der Waals surface area contributed by atoms with Gasteiger partial charge >= 0.3 is 6.18 Å². The number of alkyl halides is 3. The molecule has 0 spiro atoms. The van der Waals surface area contributed by atoms with Gasteiger partial charge in [-0.2, -0.15) is 13.2 Å². The highest BCUT2D eigenvalue weighted by molar-refractivity contribution is 5.98. The maximum absolute atomic E-state index is 14.7. The average Bonchev–Trinajstić information content (AvgIpc) is 2.83. The van der Waals surface area contributed by atoms with Crippen molar-refractivity contribution in [1.82, 2.24) is 4.90 Å². The number of benzene rings is 2. The molecule has 0 radical (unpaired) electrons. The number of anilines is 1. The van der Waals surface area contributed by atoms with E-state index in [2.05, 4.69) is 5.32 Å². The maximum Gasteiger partial charge on any atom is 0.416 e. The van der Waals surface area contributed by atoms with Crippen molar-refractivity contribution in [3.63, 3.8) is 0 Å². The van der Waals surface area contributed by atoms with Crippen molar-refractivity contribution in [3.05, 3.63) is 88.8 Å². The van der Waals surface area contributed by atoms with Gasteiger partial charge in [-0.15, -0.1) is 0 Å². The van der Waals surface area contributed by atoms with Gasteiger partial charge in [-0.1, -0.05) is 43.4 Å². The van der Waals surface area contributed by atoms with Crippen LogP contribution in [-0.4, -0.2) is 29.3 Å². The van der Waals surface area contributed by atoms with E-state index < -0.39 is 41.3 Å². The molecule has 2 amide bonds. The quantitative estimate of drug-likeness (QED) is 0.485. The zero-order chi connectivity index (χ0) is 26.0. The van der Waals surface area contributed by atoms with Gasteiger partial charge in [-0.25, -0.2) is 4.39 Å². The molecule has 1 aliphatic carbocycles. The number of likely N-dealkylation sites (tertiary alicyclic amines) is 1. The van der Waals surface area contributed by atoms with E-state index >= 15 is 0 Å². The van der Waals surface area contributed by atoms with Crippen LogP contribution in [0.3, 0.4) is 0 Å². The number of hydrogen-bond donors (Lipinski definition) is 1. The second-order valence-corrected chi connectivity index (χ2v) is 9.47. The predicted molar refractivity (Wildman–Crippen MR) is 130 cm³/mol. The monoisotopic (exact) mass is 500 g/mol. The summed E-state index contributed by atoms with van der Waals surface area (Å²) in [4.78, 5) is 28.6. The standard InChI is InChI=1S/C28H28F4N2O2/c1-17-7-3-9-19(15-17)25-22(26(35)33-21-11-5-10-20(16-21)28(30,31)32)12-6-14-34(25)27(36)24-18(2)8-4-13-23(24)29/h3-5,8-11,13,15-17,22,25H,6-7,12,14H2,1-2H3,(H,33,35)/t17?,22-,25-/m0/s1. The Bertz CT molecular complexity index is 1200. The van der Waals surface area contributed by atoms with Crippen molar-refractivity contribution in [3.8, 4) is 0 Å². The van der Waals surface area contributed by atoms with Crippen LogP contribution in [0, 0.1) is 24.6 Å². The fourth-order valence-corrected chi connectivity index (χ4v) is 5.03. The summed E-state index contributed by atoms with van der Waals surface area (Å²) in [5.41, 5.74) is 0.410. The molecule has 190 valence electrons. The van der Waals surface area contributed by atoms with Gasteiger partial charge in [0, 0.05) is 12.2 Å². The number of hydrogen-bond acceptors (Lipinski definition) is 2. The molecule has 8 heteroatoms. The van der Waals surface area contributed by atoms with Crippen LogP contribution in [0.2, 0.25) is 0 Å². The molecule has 2 aromatic rings. The van der Waals surface area contributed by atoms with Crippen LogP contribution < -0.4 is 5.32 Å². The molecule has 2 aromatic carbocycles. The van der Waals surface area contributed by atoms with E-state index in [0.29, 0.717) is 24.9 Å². The molecule has 0 aromatic heterocycles. The van der Waals surface area contributed by atoms with Crippen molar-refractivity contribution in [2.24, 2.45) is 11.8 Å². The predicted octanol–water partition coefficient (Wildman–Crippen LogP) is 6.53. The van der Waals surface area contributed by atoms with E-state index in [1.165, 1.54) is 24.3 Å². The minimum atomic E-state index is -4.54. The summed E-state index contributed by atoms with van der Waals surface area (Å²) < 4.78 is 54.2. The maximum atomic E-state index is 14.7. The van der Waals surface area contributed by atoms with Gasteiger partial charge in [-0.05, 0) is 67.5 Å². The minimum absolute atomic E-state index is 0.0310. The molecule has 1 aliphatic heterocycles. The van der Waals surface area contributed by atoms with Crippen molar-refractivity contribution >= 4 is 17.5 Å². The Balaban J connectivity index is 1.69. The molecule has 1 unspecified atom stereocenters. The Morgan fingerprint density at radius 1 is 1.11 bits per heavy atom. The molecule has 2 aliphatic rings. The number of aryl methyl sites for hydroxylation is 1. The van der Waals surface area contributed by atoms with Crippen molar-refractivity contribution in [2.45, 2.75) is 45.3 Å². The highest BCUT2D eigenvalue weighted by Crippen LogP contribution is 2.36. The van der Waals surface area contributed by atoms with E-state index in [-0.39, 0.29) is 17.2 Å². The minimum Gasteiger partial charge on any atom is -0.331 e. The number of allylic oxidation sites excluding steroid dienone is 2. The van der Waals surface area contributed by atoms with Crippen LogP contribution in [0.4, 0.5) is 23.2 Å². The smallest absolute Gasteiger partial charge is 0.331 e. The first-order valence-corrected chi connectivity index (χ1v) is 12.0. The molecule has 1 heterocycles. The lowest BCUT2D eigenvalue weighted by Gasteiger charge is -2.42. The zero-order valence-corrected chi connectivity index (χ0v) is 20.1. The fourth-order valence-electron chi connectivity index (χ4n) is 5.03. The summed E-state index contributed by atoms with van der Waals surface area (Å²) in [6, 6.07) is 8.23. The van der Waals surface area contributed by atoms with Gasteiger partial charge in [0.25, 0.3) is 5.91 Å². The van der Waals surface area contributed by atoms with Crippen LogP contribution in [0.5, 0.6) is 0 Å². The number of nitrogens with one attached hydrogen (secondary N) is 1. The second-order valence-electron chi connectivity index (χ2n) is 9.47. The Hall–Kier alpha value is -3.42. The number of carbonyl (C=O) groups excluding carboxylic acids is 2. The van der Waals surface area contributed by atoms with Gasteiger partial charge in [0.1, 0.15) is 5.82 Å². The summed E-state index contributed by atoms with van der Waals surface area (Å²) in [7, 11) is 0. The normalized spacial score (nSPS) is 22.2. The third-order valence-corrected chi connectivity index (χ3v) is 6.76. The first kappa shape index (κ1) is 25.7. The third kappa shape index (κ3) is 5.37. The first-order chi connectivity index (χ1) is 17.1. The van der Waals surface area contributed by atoms with Crippen molar-refractivity contribution in [2.75, 3.05) is 11.9 Å². The molecule has 0 saturated carbocycles. The molecule has 1 fully saturated rings. The number of rotatable bonds is 4. The Kier molecular flexibility index (Phi) is 7.33. The third-order valence-electron chi connectivity index (χ3n) is 6.76. The number of nitrogens with zero attached hydrogens (tertiary/aromatic N) is 1. The SMILES string of the molecule is Cc1cccc(F)c1C(=O)N1CCC[C@H](C(=O)Nc2cccc(C(F)(F)F)c2)[C@@H]1C1=CC(C)CC=C1. The highest BCUT2D eigenvalue weighted by atomic mass is 19.4. The van der Waals surface area contributed by atoms with Crippen molar-refractivity contribution < 1.29 is 27.2 Å². The second kappa shape index (κ2) is 10.3. The van der Waals surface area contributed by atoms with Crippen LogP contribution in [0.15, 0.2) is 66.3 Å². The molecule has 1 N–H and O–H groups in total. The van der Waals surface area contributed by atoms with Gasteiger partial charge in [0.15, 0.2) is 0 Å². The van der Waals surface area contributed by atoms with E-state index in [1.807, 2.05) is 25.2 Å². The van der Waals surface area contributed by atoms with E-state index in [1.54, 1.807) is 17.9 Å². The van der Waals surface area contributed by atoms with Crippen LogP contribution >= 0.6 is 0 Å². The Morgan fingerprint density at radius 2 is 1.86 bits per heavy atom. The lowest BCUT2D eigenvalue weighted by molar-refractivity contribution is -0.137. The van der Waals surface area contributed by atoms with Gasteiger partial charge in [0.05, 0.1) is 23.1 Å². The van der Waals surface area contributed by atoms with Crippen LogP contribution in [0.25, 0.3) is 0 Å². The fraction of sp³-hybridized carbons (Fsp3) is 0.357. The highest BCUT2D eigenvalue weighted by Gasteiger charge is 2.41. The van der Waals surface area contributed by atoms with Gasteiger partial charge < -0.3 is 10.2 Å². The first-order valence-electron chi connectivity index (χ1n) is 12.0. The van der Waals surface area contributed by atoms with Crippen LogP contribution in [0.1, 0.15) is 47.7 Å². The number of piperidine rings is 1. The van der Waals surface area contributed by atoms with E-state index in [0.717, 1.165) is 24.1 Å². The summed E-state index contributed by atoms with van der Waals surface area (Å²) >= 11 is 0. The summed E-state index contributed by atoms with van der Waals surface area (Å²) in [5.74, 6) is -2.14. The Labute approximate surface area is 207 Å². The molecule has 4 rings (SSSR count). The van der Waals surface area contributed by atoms with Gasteiger partial charge in [0.2, 0.25) is 5.91 Å². The van der Waals surface area contributed by atoms with Crippen LogP contribution in [-0.2, 0) is 11.0 Å². The molecular weight excluding hydrogens is 472 g/mol. The lowest BCUT2D eigenvalue weighted by atomic mass is 9.80. The molecular formula is C28H28F4N2O2. The zero-order valence-electron chi connectivity index (χ0n) is 20.1. The van der Waals surface area contributed by atoms with E-state index in [4.69, 9.17) is 0 Å². The lowest BCUT2D eigenvalue weighted by Crippen LogP contribution is -2.53. The Morgan fingerprint density at radius 3 is 2.56 bits per heavy atom. The molecule has 0 bridgehead atoms. The number of halogens is 4. The van der Waals surface area contributed by atoms with E-state index in [9.17, 15) is 27.2 Å². The number of carbonyl (C=O) groups is 2. The summed E-state index contributed by atoms with van der Waals surface area (Å²) in [6.45, 7) is 4.02. The number of amides is 2. The van der Waals surface area contributed by atoms with Gasteiger partial charge in [-0.3, -0.25) is 9.59 Å². The molecule has 1 saturated heterocycles. The summed E-state index contributed by atoms with van der Waals surface area (Å²) in [6.07, 6.45) is 3.09. The molecule has 4 nitrogen and oxygen atoms in total.